The van der Waals surface area contributed by atoms with Gasteiger partial charge in [0.1, 0.15) is 0 Å². The fraction of sp³-hybridized carbons (Fsp3) is 0.296. The highest BCUT2D eigenvalue weighted by Gasteiger charge is 2.36. The van der Waals surface area contributed by atoms with Crippen LogP contribution < -0.4 is 5.32 Å². The number of fused-ring (bicyclic) bond motifs is 1. The maximum Gasteiger partial charge on any atom is 0.416 e. The Hall–Kier alpha value is -3.28. The molecule has 4 aromatic rings. The topological polar surface area (TPSA) is 65.5 Å². The minimum atomic E-state index is -4.37. The highest BCUT2D eigenvalue weighted by Crippen LogP contribution is 2.34. The number of carbonyl (C=O) groups excluding carboxylic acids is 2. The van der Waals surface area contributed by atoms with Gasteiger partial charge in [-0.3, -0.25) is 9.59 Å². The molecule has 1 N–H and O–H groups in total. The normalized spacial score (nSPS) is 18.2. The second-order valence-electron chi connectivity index (χ2n) is 9.59. The molecule has 6 rings (SSSR count). The van der Waals surface area contributed by atoms with Gasteiger partial charge >= 0.3 is 6.18 Å². The maximum atomic E-state index is 13.1. The Morgan fingerprint density at radius 3 is 2.37 bits per heavy atom. The Bertz CT molecular complexity index is 1480. The molecule has 1 unspecified atom stereocenters. The SMILES string of the molecule is O=C(c1cc2ccc(-c3ccc(C(F)(F)F)cc3)cc2s1)N1CC(NC2CCN(C(=O)c3nccs3)C2)C1. The van der Waals surface area contributed by atoms with Crippen LogP contribution in [0.5, 0.6) is 0 Å². The zero-order valence-electron chi connectivity index (χ0n) is 20.1. The first-order valence-corrected chi connectivity index (χ1v) is 13.9. The van der Waals surface area contributed by atoms with Crippen LogP contribution in [0.25, 0.3) is 21.2 Å². The zero-order chi connectivity index (χ0) is 26.4. The van der Waals surface area contributed by atoms with Gasteiger partial charge in [0.05, 0.1) is 10.4 Å². The molecule has 0 radical (unpaired) electrons. The molecule has 2 aliphatic heterocycles. The van der Waals surface area contributed by atoms with Gasteiger partial charge in [-0.05, 0) is 47.2 Å². The minimum absolute atomic E-state index is 0.0210. The van der Waals surface area contributed by atoms with Crippen LogP contribution in [0.2, 0.25) is 0 Å². The van der Waals surface area contributed by atoms with E-state index in [9.17, 15) is 22.8 Å². The van der Waals surface area contributed by atoms with Crippen LogP contribution in [0, 0.1) is 0 Å². The molecule has 11 heteroatoms. The molecular formula is C27H23F3N4O2S2. The predicted octanol–water partition coefficient (Wildman–Crippen LogP) is 5.37. The van der Waals surface area contributed by atoms with Gasteiger partial charge in [0.15, 0.2) is 5.01 Å². The molecule has 2 saturated heterocycles. The van der Waals surface area contributed by atoms with Gasteiger partial charge in [-0.25, -0.2) is 4.98 Å². The van der Waals surface area contributed by atoms with E-state index < -0.39 is 11.7 Å². The van der Waals surface area contributed by atoms with E-state index in [1.807, 2.05) is 34.1 Å². The van der Waals surface area contributed by atoms with Crippen LogP contribution in [0.1, 0.15) is 31.5 Å². The molecule has 0 bridgehead atoms. The second-order valence-corrected chi connectivity index (χ2v) is 11.6. The van der Waals surface area contributed by atoms with Gasteiger partial charge in [0, 0.05) is 54.5 Å². The summed E-state index contributed by atoms with van der Waals surface area (Å²) in [6.07, 6.45) is -1.85. The molecule has 6 nitrogen and oxygen atoms in total. The van der Waals surface area contributed by atoms with Crippen molar-refractivity contribution >= 4 is 44.6 Å². The monoisotopic (exact) mass is 556 g/mol. The van der Waals surface area contributed by atoms with E-state index in [2.05, 4.69) is 10.3 Å². The van der Waals surface area contributed by atoms with Crippen molar-refractivity contribution in [1.29, 1.82) is 0 Å². The summed E-state index contributed by atoms with van der Waals surface area (Å²) in [6, 6.07) is 13.0. The summed E-state index contributed by atoms with van der Waals surface area (Å²) in [7, 11) is 0. The molecule has 2 aliphatic rings. The number of aromatic nitrogens is 1. The smallest absolute Gasteiger partial charge is 0.335 e. The number of thiophene rings is 1. The first-order chi connectivity index (χ1) is 18.2. The largest absolute Gasteiger partial charge is 0.416 e. The number of nitrogens with one attached hydrogen (secondary N) is 1. The Balaban J connectivity index is 1.05. The van der Waals surface area contributed by atoms with Gasteiger partial charge in [-0.15, -0.1) is 22.7 Å². The van der Waals surface area contributed by atoms with Crippen molar-refractivity contribution in [3.8, 4) is 11.1 Å². The molecule has 0 spiro atoms. The van der Waals surface area contributed by atoms with Gasteiger partial charge < -0.3 is 15.1 Å². The first-order valence-electron chi connectivity index (χ1n) is 12.2. The van der Waals surface area contributed by atoms with Crippen molar-refractivity contribution in [3.05, 3.63) is 75.6 Å². The van der Waals surface area contributed by atoms with Crippen molar-refractivity contribution in [2.24, 2.45) is 0 Å². The van der Waals surface area contributed by atoms with Gasteiger partial charge in [0.25, 0.3) is 11.8 Å². The van der Waals surface area contributed by atoms with Gasteiger partial charge in [0.2, 0.25) is 0 Å². The molecule has 4 heterocycles. The van der Waals surface area contributed by atoms with E-state index in [-0.39, 0.29) is 23.9 Å². The fourth-order valence-electron chi connectivity index (χ4n) is 4.95. The van der Waals surface area contributed by atoms with E-state index in [1.54, 1.807) is 11.6 Å². The third-order valence-corrected chi connectivity index (χ3v) is 8.85. The summed E-state index contributed by atoms with van der Waals surface area (Å²) in [5.41, 5.74) is 0.819. The van der Waals surface area contributed by atoms with E-state index in [0.717, 1.165) is 34.2 Å². The van der Waals surface area contributed by atoms with Crippen molar-refractivity contribution < 1.29 is 22.8 Å². The zero-order valence-corrected chi connectivity index (χ0v) is 21.7. The summed E-state index contributed by atoms with van der Waals surface area (Å²) < 4.78 is 39.5. The Morgan fingerprint density at radius 2 is 1.66 bits per heavy atom. The molecule has 2 aromatic heterocycles. The lowest BCUT2D eigenvalue weighted by Gasteiger charge is -2.40. The van der Waals surface area contributed by atoms with Crippen molar-refractivity contribution in [2.75, 3.05) is 26.2 Å². The molecular weight excluding hydrogens is 533 g/mol. The van der Waals surface area contributed by atoms with Crippen LogP contribution in [-0.4, -0.2) is 64.9 Å². The van der Waals surface area contributed by atoms with Crippen molar-refractivity contribution in [1.82, 2.24) is 20.1 Å². The summed E-state index contributed by atoms with van der Waals surface area (Å²) in [6.45, 7) is 2.56. The van der Waals surface area contributed by atoms with E-state index in [0.29, 0.717) is 41.6 Å². The predicted molar refractivity (Wildman–Crippen MR) is 142 cm³/mol. The van der Waals surface area contributed by atoms with Crippen LogP contribution in [0.3, 0.4) is 0 Å². The summed E-state index contributed by atoms with van der Waals surface area (Å²) in [5.74, 6) is -0.0479. The van der Waals surface area contributed by atoms with Crippen LogP contribution in [-0.2, 0) is 6.18 Å². The standard InChI is InChI=1S/C27H23F3N4O2S2/c28-27(29,30)19-5-3-16(4-6-19)17-1-2-18-12-23(38-22(18)11-17)25(35)34-14-21(15-34)32-20-7-9-33(13-20)26(36)24-31-8-10-37-24/h1-6,8,10-12,20-21,32H,7,9,13-15H2. The second kappa shape index (κ2) is 9.79. The number of benzene rings is 2. The quantitative estimate of drug-likeness (QED) is 0.359. The van der Waals surface area contributed by atoms with Crippen molar-refractivity contribution in [2.45, 2.75) is 24.7 Å². The minimum Gasteiger partial charge on any atom is -0.335 e. The number of hydrogen-bond acceptors (Lipinski definition) is 6. The number of thiazole rings is 1. The number of hydrogen-bond donors (Lipinski definition) is 1. The van der Waals surface area contributed by atoms with E-state index in [4.69, 9.17) is 0 Å². The highest BCUT2D eigenvalue weighted by molar-refractivity contribution is 7.20. The molecule has 196 valence electrons. The average molecular weight is 557 g/mol. The molecule has 38 heavy (non-hydrogen) atoms. The van der Waals surface area contributed by atoms with Crippen LogP contribution in [0.15, 0.2) is 60.1 Å². The lowest BCUT2D eigenvalue weighted by Crippen LogP contribution is -2.61. The summed E-state index contributed by atoms with van der Waals surface area (Å²) in [4.78, 5) is 34.0. The average Bonchev–Trinajstić information content (AvgIpc) is 3.65. The van der Waals surface area contributed by atoms with Gasteiger partial charge in [-0.1, -0.05) is 24.3 Å². The summed E-state index contributed by atoms with van der Waals surface area (Å²) >= 11 is 2.74. The number of carbonyl (C=O) groups is 2. The number of amides is 2. The van der Waals surface area contributed by atoms with Crippen LogP contribution >= 0.6 is 22.7 Å². The lowest BCUT2D eigenvalue weighted by molar-refractivity contribution is -0.137. The number of rotatable bonds is 5. The van der Waals surface area contributed by atoms with Crippen LogP contribution in [0.4, 0.5) is 13.2 Å². The Kier molecular flexibility index (Phi) is 6.45. The van der Waals surface area contributed by atoms with Gasteiger partial charge in [-0.2, -0.15) is 13.2 Å². The molecule has 0 aliphatic carbocycles. The molecule has 0 saturated carbocycles. The van der Waals surface area contributed by atoms with Crippen molar-refractivity contribution in [3.63, 3.8) is 0 Å². The molecule has 1 atom stereocenters. The maximum absolute atomic E-state index is 13.1. The first kappa shape index (κ1) is 25.0. The molecule has 2 fully saturated rings. The third kappa shape index (κ3) is 4.93. The Labute approximate surface area is 224 Å². The number of alkyl halides is 3. The molecule has 2 amide bonds. The number of nitrogens with zero attached hydrogens (tertiary/aromatic N) is 3. The molecule has 2 aromatic carbocycles. The lowest BCUT2D eigenvalue weighted by atomic mass is 10.0. The van der Waals surface area contributed by atoms with E-state index in [1.165, 1.54) is 34.8 Å². The van der Waals surface area contributed by atoms with E-state index >= 15 is 0 Å². The fourth-order valence-corrected chi connectivity index (χ4v) is 6.62. The highest BCUT2D eigenvalue weighted by atomic mass is 32.1. The number of likely N-dealkylation sites (tertiary alicyclic amines) is 2. The summed E-state index contributed by atoms with van der Waals surface area (Å²) in [5, 5.41) is 6.82. The number of halogens is 3. The third-order valence-electron chi connectivity index (χ3n) is 7.01. The Morgan fingerprint density at radius 1 is 0.921 bits per heavy atom.